The molecule has 0 fully saturated rings. The second-order valence-electron chi connectivity index (χ2n) is 5.12. The maximum atomic E-state index is 12.1. The molecule has 1 N–H and O–H groups in total. The van der Waals surface area contributed by atoms with Crippen molar-refractivity contribution in [3.63, 3.8) is 0 Å². The van der Waals surface area contributed by atoms with Crippen LogP contribution in [-0.4, -0.2) is 24.1 Å². The predicted octanol–water partition coefficient (Wildman–Crippen LogP) is 4.24. The smallest absolute Gasteiger partial charge is 0.341 e. The third kappa shape index (κ3) is 2.81. The lowest BCUT2D eigenvalue weighted by Crippen LogP contribution is -2.10. The van der Waals surface area contributed by atoms with Crippen LogP contribution < -0.4 is 0 Å². The molecule has 0 aliphatic carbocycles. The maximum absolute atomic E-state index is 12.1. The van der Waals surface area contributed by atoms with Crippen LogP contribution in [0.15, 0.2) is 30.3 Å². The number of rotatable bonds is 4. The highest BCUT2D eigenvalue weighted by molar-refractivity contribution is 6.18. The molecule has 0 aliphatic heterocycles. The molecule has 2 aromatic rings. The average Bonchev–Trinajstić information content (AvgIpc) is 2.52. The zero-order chi connectivity index (χ0) is 16.3. The summed E-state index contributed by atoms with van der Waals surface area (Å²) in [7, 11) is 1.31. The first kappa shape index (κ1) is 16.4. The fraction of sp³-hybridized carbons (Fsp3) is 0.278. The fourth-order valence-electron chi connectivity index (χ4n) is 2.84. The van der Waals surface area contributed by atoms with Gasteiger partial charge < -0.3 is 9.84 Å². The van der Waals surface area contributed by atoms with Crippen molar-refractivity contribution in [2.75, 3.05) is 13.0 Å². The Kier molecular flexibility index (Phi) is 5.09. The van der Waals surface area contributed by atoms with Gasteiger partial charge in [0.2, 0.25) is 0 Å². The van der Waals surface area contributed by atoms with Gasteiger partial charge in [0.25, 0.3) is 0 Å². The summed E-state index contributed by atoms with van der Waals surface area (Å²) in [5, 5.41) is 10.7. The highest BCUT2D eigenvalue weighted by Crippen LogP contribution is 2.40. The van der Waals surface area contributed by atoms with Gasteiger partial charge in [0.05, 0.1) is 7.11 Å². The SMILES string of the molecule is COC(=O)c1c(C)c(CCCl)c(C)c(-c2ccccc2)c1O. The lowest BCUT2D eigenvalue weighted by atomic mass is 9.87. The molecule has 0 saturated heterocycles. The topological polar surface area (TPSA) is 46.5 Å². The molecule has 0 atom stereocenters. The van der Waals surface area contributed by atoms with Gasteiger partial charge in [0, 0.05) is 11.4 Å². The molecule has 0 spiro atoms. The molecule has 0 aliphatic rings. The molecule has 22 heavy (non-hydrogen) atoms. The molecule has 116 valence electrons. The molecule has 0 aromatic heterocycles. The quantitative estimate of drug-likeness (QED) is 0.677. The Morgan fingerprint density at radius 2 is 1.82 bits per heavy atom. The molecule has 0 saturated carbocycles. The Morgan fingerprint density at radius 1 is 1.18 bits per heavy atom. The van der Waals surface area contributed by atoms with E-state index in [2.05, 4.69) is 0 Å². The third-order valence-electron chi connectivity index (χ3n) is 3.93. The first-order chi connectivity index (χ1) is 10.5. The van der Waals surface area contributed by atoms with Gasteiger partial charge in [0.1, 0.15) is 11.3 Å². The largest absolute Gasteiger partial charge is 0.506 e. The van der Waals surface area contributed by atoms with E-state index in [-0.39, 0.29) is 11.3 Å². The van der Waals surface area contributed by atoms with E-state index in [1.165, 1.54) is 7.11 Å². The standard InChI is InChI=1S/C18H19ClO3/c1-11-14(9-10-19)12(2)16(18(21)22-3)17(20)15(11)13-7-5-4-6-8-13/h4-8,20H,9-10H2,1-3H3. The van der Waals surface area contributed by atoms with Gasteiger partial charge in [-0.2, -0.15) is 0 Å². The monoisotopic (exact) mass is 318 g/mol. The van der Waals surface area contributed by atoms with Crippen molar-refractivity contribution in [3.05, 3.63) is 52.6 Å². The fourth-order valence-corrected chi connectivity index (χ4v) is 3.03. The lowest BCUT2D eigenvalue weighted by Gasteiger charge is -2.19. The van der Waals surface area contributed by atoms with Crippen LogP contribution in [0.5, 0.6) is 5.75 Å². The van der Waals surface area contributed by atoms with E-state index in [1.54, 1.807) is 0 Å². The minimum absolute atomic E-state index is 0.0358. The van der Waals surface area contributed by atoms with Crippen molar-refractivity contribution >= 4 is 17.6 Å². The van der Waals surface area contributed by atoms with Crippen LogP contribution >= 0.6 is 11.6 Å². The van der Waals surface area contributed by atoms with Crippen molar-refractivity contribution in [1.82, 2.24) is 0 Å². The Morgan fingerprint density at radius 3 is 2.36 bits per heavy atom. The number of phenols is 1. The number of hydrogen-bond donors (Lipinski definition) is 1. The molecule has 3 nitrogen and oxygen atoms in total. The zero-order valence-corrected chi connectivity index (χ0v) is 13.7. The average molecular weight is 319 g/mol. The first-order valence-electron chi connectivity index (χ1n) is 7.07. The van der Waals surface area contributed by atoms with Gasteiger partial charge in [-0.15, -0.1) is 11.6 Å². The highest BCUT2D eigenvalue weighted by atomic mass is 35.5. The Bertz CT molecular complexity index is 693. The molecule has 2 aromatic carbocycles. The van der Waals surface area contributed by atoms with Crippen LogP contribution in [0.3, 0.4) is 0 Å². The summed E-state index contributed by atoms with van der Waals surface area (Å²) in [6.07, 6.45) is 0.628. The van der Waals surface area contributed by atoms with E-state index >= 15 is 0 Å². The van der Waals surface area contributed by atoms with E-state index < -0.39 is 5.97 Å². The molecule has 4 heteroatoms. The van der Waals surface area contributed by atoms with E-state index in [1.807, 2.05) is 44.2 Å². The van der Waals surface area contributed by atoms with E-state index in [9.17, 15) is 9.90 Å². The summed E-state index contributed by atoms with van der Waals surface area (Å²) < 4.78 is 4.83. The number of halogens is 1. The molecule has 0 unspecified atom stereocenters. The van der Waals surface area contributed by atoms with E-state index in [0.29, 0.717) is 17.9 Å². The van der Waals surface area contributed by atoms with Crippen LogP contribution in [0.25, 0.3) is 11.1 Å². The first-order valence-corrected chi connectivity index (χ1v) is 7.61. The molecule has 0 bridgehead atoms. The number of aromatic hydroxyl groups is 1. The van der Waals surface area contributed by atoms with E-state index in [0.717, 1.165) is 22.3 Å². The van der Waals surface area contributed by atoms with Gasteiger partial charge in [-0.25, -0.2) is 4.79 Å². The van der Waals surface area contributed by atoms with Crippen LogP contribution in [0.2, 0.25) is 0 Å². The predicted molar refractivity (Wildman–Crippen MR) is 88.8 cm³/mol. The van der Waals surface area contributed by atoms with Crippen LogP contribution in [0.1, 0.15) is 27.0 Å². The zero-order valence-electron chi connectivity index (χ0n) is 12.9. The number of phenolic OH excluding ortho intramolecular Hbond substituents is 1. The van der Waals surface area contributed by atoms with Crippen molar-refractivity contribution in [1.29, 1.82) is 0 Å². The summed E-state index contributed by atoms with van der Waals surface area (Å²) in [6, 6.07) is 9.51. The summed E-state index contributed by atoms with van der Waals surface area (Å²) in [4.78, 5) is 12.1. The summed E-state index contributed by atoms with van der Waals surface area (Å²) in [5.74, 6) is -0.129. The number of hydrogen-bond acceptors (Lipinski definition) is 3. The Hall–Kier alpha value is -2.00. The van der Waals surface area contributed by atoms with Gasteiger partial charge in [0.15, 0.2) is 0 Å². The summed E-state index contributed by atoms with van der Waals surface area (Å²) in [6.45, 7) is 3.76. The van der Waals surface area contributed by atoms with Crippen LogP contribution in [0, 0.1) is 13.8 Å². The van der Waals surface area contributed by atoms with E-state index in [4.69, 9.17) is 16.3 Å². The number of carbonyl (C=O) groups is 1. The molecular weight excluding hydrogens is 300 g/mol. The number of esters is 1. The van der Waals surface area contributed by atoms with Gasteiger partial charge >= 0.3 is 5.97 Å². The molecule has 0 amide bonds. The van der Waals surface area contributed by atoms with Crippen molar-refractivity contribution in [2.45, 2.75) is 20.3 Å². The van der Waals surface area contributed by atoms with Crippen LogP contribution in [-0.2, 0) is 11.2 Å². The van der Waals surface area contributed by atoms with Crippen molar-refractivity contribution < 1.29 is 14.6 Å². The summed E-state index contributed by atoms with van der Waals surface area (Å²) in [5.41, 5.74) is 4.38. The highest BCUT2D eigenvalue weighted by Gasteiger charge is 2.24. The third-order valence-corrected chi connectivity index (χ3v) is 4.11. The van der Waals surface area contributed by atoms with Crippen molar-refractivity contribution in [3.8, 4) is 16.9 Å². The molecular formula is C18H19ClO3. The molecule has 0 radical (unpaired) electrons. The van der Waals surface area contributed by atoms with Gasteiger partial charge in [-0.1, -0.05) is 30.3 Å². The van der Waals surface area contributed by atoms with Gasteiger partial charge in [-0.05, 0) is 42.5 Å². The number of alkyl halides is 1. The summed E-state index contributed by atoms with van der Waals surface area (Å²) >= 11 is 5.91. The number of methoxy groups -OCH3 is 1. The maximum Gasteiger partial charge on any atom is 0.341 e. The number of carbonyl (C=O) groups excluding carboxylic acids is 1. The number of ether oxygens (including phenoxy) is 1. The van der Waals surface area contributed by atoms with Gasteiger partial charge in [-0.3, -0.25) is 0 Å². The Balaban J connectivity index is 2.83. The Labute approximate surface area is 135 Å². The number of benzene rings is 2. The second-order valence-corrected chi connectivity index (χ2v) is 5.50. The minimum Gasteiger partial charge on any atom is -0.506 e. The second kappa shape index (κ2) is 6.84. The van der Waals surface area contributed by atoms with Crippen LogP contribution in [0.4, 0.5) is 0 Å². The minimum atomic E-state index is -0.539. The molecule has 0 heterocycles. The normalized spacial score (nSPS) is 10.5. The molecule has 2 rings (SSSR count). The van der Waals surface area contributed by atoms with Crippen molar-refractivity contribution in [2.24, 2.45) is 0 Å². The lowest BCUT2D eigenvalue weighted by molar-refractivity contribution is 0.0596.